The molecule has 0 aliphatic carbocycles. The highest BCUT2D eigenvalue weighted by Gasteiger charge is 2.66. The van der Waals surface area contributed by atoms with E-state index < -0.39 is 13.7 Å². The topological polar surface area (TPSA) is 110 Å². The second kappa shape index (κ2) is 13.3. The zero-order chi connectivity index (χ0) is 38.1. The van der Waals surface area contributed by atoms with E-state index in [4.69, 9.17) is 9.47 Å². The first-order valence-corrected chi connectivity index (χ1v) is 22.0. The van der Waals surface area contributed by atoms with Crippen molar-refractivity contribution in [3.8, 4) is 5.75 Å². The van der Waals surface area contributed by atoms with E-state index in [1.807, 2.05) is 103 Å². The van der Waals surface area contributed by atoms with Gasteiger partial charge in [0.05, 0.1) is 43.9 Å². The third-order valence-electron chi connectivity index (χ3n) is 12.2. The molecule has 4 atom stereocenters. The van der Waals surface area contributed by atoms with Crippen LogP contribution < -0.4 is 19.7 Å². The van der Waals surface area contributed by atoms with E-state index >= 15 is 4.79 Å². The maximum atomic E-state index is 15.5. The molecule has 2 amide bonds. The van der Waals surface area contributed by atoms with Gasteiger partial charge in [0.1, 0.15) is 5.75 Å². The van der Waals surface area contributed by atoms with E-state index in [0.29, 0.717) is 30.6 Å². The number of aryl methyl sites for hydroxylation is 1. The summed E-state index contributed by atoms with van der Waals surface area (Å²) in [7, 11) is -0.747. The van der Waals surface area contributed by atoms with Crippen molar-refractivity contribution < 1.29 is 24.2 Å². The van der Waals surface area contributed by atoms with Crippen LogP contribution in [0.15, 0.2) is 115 Å². The van der Waals surface area contributed by atoms with Gasteiger partial charge in [-0.15, -0.1) is 5.10 Å². The van der Waals surface area contributed by atoms with Crippen molar-refractivity contribution in [2.45, 2.75) is 56.7 Å². The standard InChI is InChI=1S/C44H43N5O5Si/c1-28-41(55(3,4)34-19-17-33(53-2)18-20-34)39(22-24-47-27-30(23-25-50)45-46-47)54-44(28)36-26-32(16-21-37(36)49(43(44)52)31-12-6-5-7-13-31)48-38-15-9-11-29-10-8-14-35(40(29)38)42(48)51/h5-21,26-28,39,41,50H,22-25H2,1-4H3/t28-,39+,41-,44+/m0/s1. The van der Waals surface area contributed by atoms with Gasteiger partial charge in [-0.25, -0.2) is 0 Å². The molecule has 278 valence electrons. The van der Waals surface area contributed by atoms with Crippen LogP contribution in [0.1, 0.15) is 35.0 Å². The zero-order valence-electron chi connectivity index (χ0n) is 31.3. The monoisotopic (exact) mass is 749 g/mol. The summed E-state index contributed by atoms with van der Waals surface area (Å²) >= 11 is 0. The van der Waals surface area contributed by atoms with Gasteiger partial charge < -0.3 is 14.6 Å². The van der Waals surface area contributed by atoms with Crippen LogP contribution in [0.25, 0.3) is 10.8 Å². The molecule has 0 bridgehead atoms. The highest BCUT2D eigenvalue weighted by Crippen LogP contribution is 2.61. The second-order valence-electron chi connectivity index (χ2n) is 15.4. The molecular weight excluding hydrogens is 707 g/mol. The summed E-state index contributed by atoms with van der Waals surface area (Å²) < 4.78 is 14.8. The predicted molar refractivity (Wildman–Crippen MR) is 215 cm³/mol. The molecule has 10 nitrogen and oxygen atoms in total. The van der Waals surface area contributed by atoms with Crippen LogP contribution in [0.2, 0.25) is 18.6 Å². The lowest BCUT2D eigenvalue weighted by molar-refractivity contribution is -0.145. The van der Waals surface area contributed by atoms with Gasteiger partial charge in [-0.05, 0) is 71.9 Å². The van der Waals surface area contributed by atoms with Crippen molar-refractivity contribution >= 4 is 58.6 Å². The number of carbonyl (C=O) groups excluding carboxylic acids is 2. The normalized spacial score (nSPS) is 21.7. The molecular formula is C44H43N5O5Si. The molecule has 0 saturated carbocycles. The Hall–Kier alpha value is -5.62. The lowest BCUT2D eigenvalue weighted by Crippen LogP contribution is -2.51. The van der Waals surface area contributed by atoms with Crippen LogP contribution in [0.5, 0.6) is 5.75 Å². The molecule has 11 heteroatoms. The number of benzene rings is 5. The van der Waals surface area contributed by atoms with Gasteiger partial charge in [0.25, 0.3) is 11.8 Å². The van der Waals surface area contributed by atoms with Crippen LogP contribution in [0.4, 0.5) is 22.7 Å². The third-order valence-corrected chi connectivity index (χ3v) is 16.5. The summed E-state index contributed by atoms with van der Waals surface area (Å²) in [6.45, 7) is 7.45. The van der Waals surface area contributed by atoms with E-state index in [1.165, 1.54) is 5.19 Å². The minimum Gasteiger partial charge on any atom is -0.497 e. The number of para-hydroxylation sites is 1. The number of aromatic nitrogens is 3. The summed E-state index contributed by atoms with van der Waals surface area (Å²) in [5.41, 5.74) is 3.85. The van der Waals surface area contributed by atoms with Crippen molar-refractivity contribution in [2.24, 2.45) is 5.92 Å². The average molecular weight is 750 g/mol. The third kappa shape index (κ3) is 5.36. The number of fused-ring (bicyclic) bond motifs is 2. The van der Waals surface area contributed by atoms with Gasteiger partial charge in [0.15, 0.2) is 5.60 Å². The quantitative estimate of drug-likeness (QED) is 0.147. The van der Waals surface area contributed by atoms with Gasteiger partial charge in [-0.2, -0.15) is 0 Å². The number of methoxy groups -OCH3 is 1. The molecule has 1 fully saturated rings. The van der Waals surface area contributed by atoms with Gasteiger partial charge >= 0.3 is 0 Å². The van der Waals surface area contributed by atoms with Crippen molar-refractivity contribution in [3.05, 3.63) is 132 Å². The fraction of sp³-hybridized carbons (Fsp3) is 0.273. The number of aliphatic hydroxyl groups excluding tert-OH is 1. The minimum atomic E-state index is -2.42. The molecule has 3 aliphatic heterocycles. The van der Waals surface area contributed by atoms with E-state index in [9.17, 15) is 9.90 Å². The molecule has 9 rings (SSSR count). The summed E-state index contributed by atoms with van der Waals surface area (Å²) in [6.07, 6.45) is 2.59. The fourth-order valence-electron chi connectivity index (χ4n) is 9.58. The number of aliphatic hydroxyl groups is 1. The Balaban J connectivity index is 1.19. The average Bonchev–Trinajstić information content (AvgIpc) is 3.93. The number of rotatable bonds is 10. The van der Waals surface area contributed by atoms with Gasteiger partial charge in [-0.1, -0.05) is 85.0 Å². The number of amides is 2. The Morgan fingerprint density at radius 1 is 0.873 bits per heavy atom. The Bertz CT molecular complexity index is 2450. The summed E-state index contributed by atoms with van der Waals surface area (Å²) in [5, 5.41) is 21.3. The molecule has 0 unspecified atom stereocenters. The van der Waals surface area contributed by atoms with Crippen LogP contribution in [0.3, 0.4) is 0 Å². The highest BCUT2D eigenvalue weighted by atomic mass is 28.3. The number of hydrogen-bond donors (Lipinski definition) is 1. The number of anilines is 4. The van der Waals surface area contributed by atoms with Gasteiger partial charge in [0.2, 0.25) is 0 Å². The first-order valence-electron chi connectivity index (χ1n) is 18.9. The van der Waals surface area contributed by atoms with E-state index in [1.54, 1.807) is 21.6 Å². The first-order chi connectivity index (χ1) is 26.7. The molecule has 3 aliphatic rings. The molecule has 6 aromatic rings. The van der Waals surface area contributed by atoms with E-state index in [0.717, 1.165) is 44.8 Å². The molecule has 0 radical (unpaired) electrons. The lowest BCUT2D eigenvalue weighted by atomic mass is 9.82. The molecule has 5 aromatic carbocycles. The molecule has 4 heterocycles. The van der Waals surface area contributed by atoms with Crippen molar-refractivity contribution in [3.63, 3.8) is 0 Å². The molecule has 1 spiro atoms. The number of ether oxygens (including phenoxy) is 2. The molecule has 55 heavy (non-hydrogen) atoms. The smallest absolute Gasteiger partial charge is 0.268 e. The van der Waals surface area contributed by atoms with Crippen LogP contribution in [-0.2, 0) is 28.1 Å². The van der Waals surface area contributed by atoms with Crippen LogP contribution in [-0.4, -0.2) is 59.8 Å². The number of hydrogen-bond acceptors (Lipinski definition) is 7. The first kappa shape index (κ1) is 35.1. The van der Waals surface area contributed by atoms with E-state index in [2.05, 4.69) is 42.5 Å². The van der Waals surface area contributed by atoms with Crippen LogP contribution in [0, 0.1) is 5.92 Å². The van der Waals surface area contributed by atoms with Gasteiger partial charge in [-0.3, -0.25) is 24.1 Å². The maximum absolute atomic E-state index is 15.5. The molecule has 1 N–H and O–H groups in total. The second-order valence-corrected chi connectivity index (χ2v) is 20.1. The summed E-state index contributed by atoms with van der Waals surface area (Å²) in [6, 6.07) is 35.9. The predicted octanol–water partition coefficient (Wildman–Crippen LogP) is 7.25. The van der Waals surface area contributed by atoms with Crippen molar-refractivity contribution in [1.29, 1.82) is 0 Å². The highest BCUT2D eigenvalue weighted by molar-refractivity contribution is 6.91. The number of nitrogens with zero attached hydrogens (tertiary/aromatic N) is 5. The maximum Gasteiger partial charge on any atom is 0.268 e. The van der Waals surface area contributed by atoms with E-state index in [-0.39, 0.29) is 36.0 Å². The Morgan fingerprint density at radius 2 is 1.64 bits per heavy atom. The molecule has 1 saturated heterocycles. The Morgan fingerprint density at radius 3 is 2.38 bits per heavy atom. The Labute approximate surface area is 320 Å². The zero-order valence-corrected chi connectivity index (χ0v) is 32.3. The largest absolute Gasteiger partial charge is 0.497 e. The summed E-state index contributed by atoms with van der Waals surface area (Å²) in [4.78, 5) is 33.3. The van der Waals surface area contributed by atoms with Crippen molar-refractivity contribution in [1.82, 2.24) is 15.0 Å². The van der Waals surface area contributed by atoms with Crippen molar-refractivity contribution in [2.75, 3.05) is 23.5 Å². The number of carbonyl (C=O) groups is 2. The molecule has 1 aromatic heterocycles. The minimum absolute atomic E-state index is 0.000125. The fourth-order valence-corrected chi connectivity index (χ4v) is 13.6. The SMILES string of the molecule is COc1ccc([Si](C)(C)[C@@H]2[C@@H](CCn3cc(CCO)nn3)O[C@]3(C(=O)N(c4ccccc4)c4ccc(N5C(=O)c6cccc7cccc5c67)cc43)[C@H]2C)cc1. The van der Waals surface area contributed by atoms with Crippen LogP contribution >= 0.6 is 0 Å². The van der Waals surface area contributed by atoms with Gasteiger partial charge in [0, 0.05) is 54.0 Å². The Kier molecular flexibility index (Phi) is 8.48. The summed E-state index contributed by atoms with van der Waals surface area (Å²) in [5.74, 6) is 0.326. The lowest BCUT2D eigenvalue weighted by Gasteiger charge is -2.37.